The number of alkyl halides is 1. The Labute approximate surface area is 172 Å². The zero-order chi connectivity index (χ0) is 18.8. The highest BCUT2D eigenvalue weighted by Crippen LogP contribution is 2.27. The number of nitrogens with zero attached hydrogens (tertiary/aromatic N) is 1. The molecule has 2 atom stereocenters. The van der Waals surface area contributed by atoms with Crippen LogP contribution in [0.5, 0.6) is 0 Å². The minimum atomic E-state index is -0.907. The van der Waals surface area contributed by atoms with Gasteiger partial charge in [0.25, 0.3) is 5.56 Å². The number of thioether (sulfide) groups is 1. The summed E-state index contributed by atoms with van der Waals surface area (Å²) in [7, 11) is 0. The van der Waals surface area contributed by atoms with Gasteiger partial charge in [-0.15, -0.1) is 24.2 Å². The summed E-state index contributed by atoms with van der Waals surface area (Å²) in [6.07, 6.45) is 4.35. The molecule has 0 unspecified atom stereocenters. The Kier molecular flexibility index (Phi) is 7.17. The second-order valence-corrected chi connectivity index (χ2v) is 8.58. The highest BCUT2D eigenvalue weighted by molar-refractivity contribution is 7.99. The van der Waals surface area contributed by atoms with E-state index in [1.165, 1.54) is 30.7 Å². The second kappa shape index (κ2) is 9.41. The van der Waals surface area contributed by atoms with Gasteiger partial charge in [-0.3, -0.25) is 4.79 Å². The quantitative estimate of drug-likeness (QED) is 0.673. The smallest absolute Gasteiger partial charge is 0.261 e. The zero-order valence-corrected chi connectivity index (χ0v) is 17.1. The summed E-state index contributed by atoms with van der Waals surface area (Å²) >= 11 is 1.45. The maximum Gasteiger partial charge on any atom is 0.261 e. The Morgan fingerprint density at radius 2 is 2.04 bits per heavy atom. The van der Waals surface area contributed by atoms with Gasteiger partial charge in [0.2, 0.25) is 0 Å². The molecule has 3 N–H and O–H groups in total. The summed E-state index contributed by atoms with van der Waals surface area (Å²) < 4.78 is 28.4. The maximum atomic E-state index is 14.5. The lowest BCUT2D eigenvalue weighted by Gasteiger charge is -2.25. The van der Waals surface area contributed by atoms with Gasteiger partial charge in [-0.25, -0.2) is 13.8 Å². The van der Waals surface area contributed by atoms with Crippen LogP contribution >= 0.6 is 24.2 Å². The van der Waals surface area contributed by atoms with E-state index < -0.39 is 17.5 Å². The van der Waals surface area contributed by atoms with Crippen molar-refractivity contribution in [3.8, 4) is 0 Å². The first-order valence-corrected chi connectivity index (χ1v) is 10.6. The van der Waals surface area contributed by atoms with E-state index in [1.807, 2.05) is 0 Å². The summed E-state index contributed by atoms with van der Waals surface area (Å²) in [5.74, 6) is 0.293. The first-order valence-electron chi connectivity index (χ1n) is 9.55. The molecular formula is C19H25ClF2N4OS. The number of nitrogens with one attached hydrogen (secondary N) is 3. The maximum absolute atomic E-state index is 14.5. The van der Waals surface area contributed by atoms with Crippen molar-refractivity contribution in [2.45, 2.75) is 55.3 Å². The average molecular weight is 431 g/mol. The van der Waals surface area contributed by atoms with Gasteiger partial charge in [0, 0.05) is 23.5 Å². The normalized spacial score (nSPS) is 22.9. The summed E-state index contributed by atoms with van der Waals surface area (Å²) in [5, 5.41) is 6.24. The van der Waals surface area contributed by atoms with E-state index in [9.17, 15) is 13.6 Å². The second-order valence-electron chi connectivity index (χ2n) is 7.35. The number of piperidine rings is 1. The van der Waals surface area contributed by atoms with Crippen molar-refractivity contribution in [1.82, 2.24) is 15.3 Å². The molecule has 2 aliphatic rings. The molecular weight excluding hydrogens is 406 g/mol. The van der Waals surface area contributed by atoms with Crippen molar-refractivity contribution in [1.29, 1.82) is 0 Å². The lowest BCUT2D eigenvalue weighted by atomic mass is 10.1. The fourth-order valence-electron chi connectivity index (χ4n) is 3.90. The first kappa shape index (κ1) is 21.3. The summed E-state index contributed by atoms with van der Waals surface area (Å²) in [6.45, 7) is 1.15. The van der Waals surface area contributed by atoms with E-state index in [2.05, 4.69) is 20.6 Å². The van der Waals surface area contributed by atoms with Crippen molar-refractivity contribution in [3.05, 3.63) is 34.1 Å². The molecule has 0 radical (unpaired) electrons. The lowest BCUT2D eigenvalue weighted by molar-refractivity contribution is 0.275. The molecule has 1 saturated carbocycles. The Morgan fingerprint density at radius 1 is 1.25 bits per heavy atom. The predicted octanol–water partition coefficient (Wildman–Crippen LogP) is 3.77. The van der Waals surface area contributed by atoms with Gasteiger partial charge in [0.1, 0.15) is 23.2 Å². The van der Waals surface area contributed by atoms with Crippen LogP contribution in [-0.4, -0.2) is 40.5 Å². The number of rotatable bonds is 5. The van der Waals surface area contributed by atoms with Crippen LogP contribution in [0.15, 0.2) is 16.9 Å². The molecule has 1 saturated heterocycles. The minimum Gasteiger partial charge on any atom is -0.382 e. The third-order valence-electron chi connectivity index (χ3n) is 5.32. The number of fused-ring (bicyclic) bond motifs is 1. The molecule has 28 heavy (non-hydrogen) atoms. The zero-order valence-electron chi connectivity index (χ0n) is 15.5. The monoisotopic (exact) mass is 430 g/mol. The Hall–Kier alpha value is -1.38. The largest absolute Gasteiger partial charge is 0.382 e. The van der Waals surface area contributed by atoms with Gasteiger partial charge in [-0.1, -0.05) is 12.8 Å². The van der Waals surface area contributed by atoms with Crippen molar-refractivity contribution in [2.75, 3.05) is 18.4 Å². The SMILES string of the molecule is Cl.O=c1[nH]c(CS[C@H]2CCNC[C@H]2F)nc2cc(NC3CCCC3)cc(F)c12. The summed E-state index contributed by atoms with van der Waals surface area (Å²) in [4.78, 5) is 19.4. The van der Waals surface area contributed by atoms with E-state index in [-0.39, 0.29) is 23.0 Å². The van der Waals surface area contributed by atoms with Crippen LogP contribution in [0.4, 0.5) is 14.5 Å². The third-order valence-corrected chi connectivity index (χ3v) is 6.72. The minimum absolute atomic E-state index is 0. The van der Waals surface area contributed by atoms with Crippen LogP contribution in [0.1, 0.15) is 37.9 Å². The topological polar surface area (TPSA) is 69.8 Å². The van der Waals surface area contributed by atoms with Gasteiger partial charge < -0.3 is 15.6 Å². The van der Waals surface area contributed by atoms with Gasteiger partial charge in [-0.05, 0) is 37.9 Å². The molecule has 0 spiro atoms. The van der Waals surface area contributed by atoms with Crippen molar-refractivity contribution >= 4 is 40.8 Å². The fourth-order valence-corrected chi connectivity index (χ4v) is 5.00. The van der Waals surface area contributed by atoms with Gasteiger partial charge in [0.15, 0.2) is 0 Å². The van der Waals surface area contributed by atoms with Crippen LogP contribution in [0, 0.1) is 5.82 Å². The molecule has 154 valence electrons. The number of halogens is 3. The molecule has 0 bridgehead atoms. The van der Waals surface area contributed by atoms with Gasteiger partial charge in [0.05, 0.1) is 11.3 Å². The highest BCUT2D eigenvalue weighted by Gasteiger charge is 2.25. The van der Waals surface area contributed by atoms with Crippen LogP contribution in [0.25, 0.3) is 10.9 Å². The van der Waals surface area contributed by atoms with Crippen LogP contribution in [0.3, 0.4) is 0 Å². The van der Waals surface area contributed by atoms with Crippen molar-refractivity contribution in [2.24, 2.45) is 0 Å². The molecule has 9 heteroatoms. The number of hydrogen-bond donors (Lipinski definition) is 3. The average Bonchev–Trinajstić information content (AvgIpc) is 3.13. The molecule has 2 heterocycles. The number of hydrogen-bond acceptors (Lipinski definition) is 5. The summed E-state index contributed by atoms with van der Waals surface area (Å²) in [5.41, 5.74) is 0.519. The van der Waals surface area contributed by atoms with E-state index in [0.29, 0.717) is 35.4 Å². The Bertz CT molecular complexity index is 875. The molecule has 1 aromatic heterocycles. The van der Waals surface area contributed by atoms with Crippen molar-refractivity contribution in [3.63, 3.8) is 0 Å². The molecule has 1 aliphatic heterocycles. The molecule has 0 amide bonds. The van der Waals surface area contributed by atoms with Crippen LogP contribution in [0.2, 0.25) is 0 Å². The molecule has 2 fully saturated rings. The first-order chi connectivity index (χ1) is 13.1. The number of aromatic amines is 1. The fraction of sp³-hybridized carbons (Fsp3) is 0.579. The Balaban J connectivity index is 0.00000225. The molecule has 2 aromatic rings. The van der Waals surface area contributed by atoms with E-state index in [0.717, 1.165) is 25.8 Å². The standard InChI is InChI=1S/C19H24F2N4OS.ClH/c20-13-7-12(23-11-3-1-2-4-11)8-15-18(13)19(26)25-17(24-15)10-27-16-5-6-22-9-14(16)21;/h7-8,11,14,16,22-23H,1-6,9-10H2,(H,24,25,26);1H/t14-,16+;/m1./s1. The number of aromatic nitrogens is 2. The summed E-state index contributed by atoms with van der Waals surface area (Å²) in [6, 6.07) is 3.46. The van der Waals surface area contributed by atoms with Crippen molar-refractivity contribution < 1.29 is 8.78 Å². The molecule has 1 aliphatic carbocycles. The number of H-pyrrole nitrogens is 1. The van der Waals surface area contributed by atoms with Gasteiger partial charge >= 0.3 is 0 Å². The van der Waals surface area contributed by atoms with E-state index >= 15 is 0 Å². The predicted molar refractivity (Wildman–Crippen MR) is 113 cm³/mol. The molecule has 1 aromatic carbocycles. The lowest BCUT2D eigenvalue weighted by Crippen LogP contribution is -2.39. The third kappa shape index (κ3) is 4.78. The molecule has 5 nitrogen and oxygen atoms in total. The Morgan fingerprint density at radius 3 is 2.79 bits per heavy atom. The highest BCUT2D eigenvalue weighted by atomic mass is 35.5. The molecule has 4 rings (SSSR count). The van der Waals surface area contributed by atoms with E-state index in [1.54, 1.807) is 6.07 Å². The number of benzene rings is 1. The van der Waals surface area contributed by atoms with Gasteiger partial charge in [-0.2, -0.15) is 0 Å². The van der Waals surface area contributed by atoms with Crippen LogP contribution < -0.4 is 16.2 Å². The van der Waals surface area contributed by atoms with E-state index in [4.69, 9.17) is 0 Å². The van der Waals surface area contributed by atoms with Crippen LogP contribution in [-0.2, 0) is 5.75 Å². The number of anilines is 1.